The van der Waals surface area contributed by atoms with Crippen molar-refractivity contribution in [1.82, 2.24) is 4.90 Å². The molecule has 2 bridgehead atoms. The molecule has 3 nitrogen and oxygen atoms in total. The number of allylic oxidation sites excluding steroid dienone is 3. The average Bonchev–Trinajstić information content (AvgIpc) is 3.67. The average molecular weight is 560 g/mol. The van der Waals surface area contributed by atoms with Crippen molar-refractivity contribution in [3.8, 4) is 0 Å². The van der Waals surface area contributed by atoms with Crippen LogP contribution in [-0.2, 0) is 0 Å². The highest BCUT2D eigenvalue weighted by atomic mass is 15.1. The number of nitrogens with zero attached hydrogens (tertiary/aromatic N) is 2. The predicted octanol–water partition coefficient (Wildman–Crippen LogP) is 9.17. The Morgan fingerprint density at radius 3 is 2.10 bits per heavy atom. The van der Waals surface area contributed by atoms with Crippen molar-refractivity contribution in [2.45, 2.75) is 59.4 Å². The molecular weight excluding hydrogens is 510 g/mol. The quantitative estimate of drug-likeness (QED) is 0.253. The van der Waals surface area contributed by atoms with Crippen molar-refractivity contribution in [2.75, 3.05) is 42.9 Å². The van der Waals surface area contributed by atoms with Crippen molar-refractivity contribution in [3.63, 3.8) is 0 Å². The fourth-order valence-corrected chi connectivity index (χ4v) is 8.02. The molecule has 3 atom stereocenters. The van der Waals surface area contributed by atoms with E-state index < -0.39 is 0 Å². The van der Waals surface area contributed by atoms with Crippen molar-refractivity contribution in [3.05, 3.63) is 102 Å². The summed E-state index contributed by atoms with van der Waals surface area (Å²) in [6.07, 6.45) is 15.2. The summed E-state index contributed by atoms with van der Waals surface area (Å²) in [5.74, 6) is 2.76. The van der Waals surface area contributed by atoms with Gasteiger partial charge in [0.15, 0.2) is 0 Å². The number of nitrogens with one attached hydrogen (secondary N) is 1. The van der Waals surface area contributed by atoms with E-state index in [4.69, 9.17) is 0 Å². The maximum Gasteiger partial charge on any atom is 0.0467 e. The molecule has 6 rings (SSSR count). The van der Waals surface area contributed by atoms with E-state index in [0.29, 0.717) is 6.04 Å². The molecule has 3 aliphatic carbocycles. The number of hydrogen-bond donors (Lipinski definition) is 1. The Morgan fingerprint density at radius 2 is 1.48 bits per heavy atom. The first-order valence-electron chi connectivity index (χ1n) is 16.6. The minimum absolute atomic E-state index is 0.351. The molecule has 2 fully saturated rings. The van der Waals surface area contributed by atoms with Gasteiger partial charge in [-0.15, -0.1) is 0 Å². The van der Waals surface area contributed by atoms with Crippen LogP contribution in [0.15, 0.2) is 90.5 Å². The van der Waals surface area contributed by atoms with Gasteiger partial charge in [0.25, 0.3) is 0 Å². The second-order valence-corrected chi connectivity index (χ2v) is 12.5. The third kappa shape index (κ3) is 5.69. The Labute approximate surface area is 254 Å². The standard InChI is InChI=1S/C39H49N3/c1-5-41(6-2)33-19-15-29(16-20-33)39(30-17-21-34(22-18-30)42(7-3)8-4)37-23-24-38(36-12-10-9-11-35(36)37)40-27-32-26-28-13-14-31(32)25-28/h9-12,15-24,28,31-33,40H,5-8,13-14,25-27H2,1-4H3. The summed E-state index contributed by atoms with van der Waals surface area (Å²) in [4.78, 5) is 4.91. The van der Waals surface area contributed by atoms with E-state index in [1.165, 1.54) is 70.1 Å². The van der Waals surface area contributed by atoms with E-state index in [0.717, 1.165) is 50.5 Å². The van der Waals surface area contributed by atoms with Gasteiger partial charge >= 0.3 is 0 Å². The normalized spacial score (nSPS) is 22.8. The van der Waals surface area contributed by atoms with Crippen molar-refractivity contribution in [2.24, 2.45) is 17.8 Å². The zero-order chi connectivity index (χ0) is 29.1. The first-order valence-corrected chi connectivity index (χ1v) is 16.6. The molecule has 0 amide bonds. The van der Waals surface area contributed by atoms with Gasteiger partial charge in [-0.05, 0) is 110 Å². The van der Waals surface area contributed by atoms with Crippen LogP contribution in [0.1, 0.15) is 64.5 Å². The summed E-state index contributed by atoms with van der Waals surface area (Å²) in [5, 5.41) is 6.55. The third-order valence-electron chi connectivity index (χ3n) is 10.4. The molecule has 3 unspecified atom stereocenters. The molecule has 3 aliphatic rings. The molecule has 2 saturated carbocycles. The largest absolute Gasteiger partial charge is 0.384 e. The van der Waals surface area contributed by atoms with Crippen LogP contribution in [0.5, 0.6) is 0 Å². The van der Waals surface area contributed by atoms with Gasteiger partial charge in [0.1, 0.15) is 0 Å². The lowest BCUT2D eigenvalue weighted by Gasteiger charge is -2.27. The van der Waals surface area contributed by atoms with Gasteiger partial charge in [-0.25, -0.2) is 0 Å². The molecule has 3 aromatic rings. The summed E-state index contributed by atoms with van der Waals surface area (Å²) in [6, 6.07) is 23.3. The molecular formula is C39H49N3. The number of benzene rings is 3. The van der Waals surface area contributed by atoms with Gasteiger partial charge in [-0.2, -0.15) is 0 Å². The zero-order valence-electron chi connectivity index (χ0n) is 26.2. The number of likely N-dealkylation sites (N-methyl/N-ethyl adjacent to an activating group) is 1. The van der Waals surface area contributed by atoms with E-state index in [-0.39, 0.29) is 0 Å². The Bertz CT molecular complexity index is 1440. The SMILES string of the molecule is CCN(CC)c1ccc(C(=C2C=CC(N(CC)CC)C=C2)c2ccc(NCC3CC4CCC3C4)c3ccccc23)cc1. The molecule has 0 spiro atoms. The number of fused-ring (bicyclic) bond motifs is 3. The maximum atomic E-state index is 3.91. The van der Waals surface area contributed by atoms with Gasteiger partial charge < -0.3 is 10.2 Å². The smallest absolute Gasteiger partial charge is 0.0467 e. The van der Waals surface area contributed by atoms with E-state index in [9.17, 15) is 0 Å². The lowest BCUT2D eigenvalue weighted by molar-refractivity contribution is 0.287. The van der Waals surface area contributed by atoms with E-state index in [1.54, 1.807) is 0 Å². The summed E-state index contributed by atoms with van der Waals surface area (Å²) in [6.45, 7) is 14.2. The molecule has 1 N–H and O–H groups in total. The van der Waals surface area contributed by atoms with E-state index in [1.807, 2.05) is 0 Å². The number of anilines is 2. The van der Waals surface area contributed by atoms with Crippen LogP contribution in [0.2, 0.25) is 0 Å². The Kier molecular flexibility index (Phi) is 8.86. The summed E-state index contributed by atoms with van der Waals surface area (Å²) in [7, 11) is 0. The first-order chi connectivity index (χ1) is 20.6. The van der Waals surface area contributed by atoms with Crippen LogP contribution in [-0.4, -0.2) is 43.7 Å². The second kappa shape index (κ2) is 12.9. The van der Waals surface area contributed by atoms with Gasteiger partial charge in [0.05, 0.1) is 0 Å². The molecule has 0 radical (unpaired) electrons. The van der Waals surface area contributed by atoms with Crippen molar-refractivity contribution < 1.29 is 0 Å². The topological polar surface area (TPSA) is 18.5 Å². The highest BCUT2D eigenvalue weighted by Crippen LogP contribution is 2.48. The predicted molar refractivity (Wildman–Crippen MR) is 182 cm³/mol. The minimum Gasteiger partial charge on any atom is -0.384 e. The lowest BCUT2D eigenvalue weighted by atomic mass is 9.86. The first kappa shape index (κ1) is 28.8. The Balaban J connectivity index is 1.40. The number of rotatable bonds is 11. The third-order valence-corrected chi connectivity index (χ3v) is 10.4. The fraction of sp³-hybridized carbons (Fsp3) is 0.436. The van der Waals surface area contributed by atoms with Crippen molar-refractivity contribution >= 4 is 27.7 Å². The molecule has 3 heteroatoms. The van der Waals surface area contributed by atoms with Crippen LogP contribution in [0.4, 0.5) is 11.4 Å². The Morgan fingerprint density at radius 1 is 0.762 bits per heavy atom. The molecule has 220 valence electrons. The van der Waals surface area contributed by atoms with Crippen LogP contribution in [0.3, 0.4) is 0 Å². The van der Waals surface area contributed by atoms with E-state index in [2.05, 4.69) is 128 Å². The molecule has 0 aromatic heterocycles. The summed E-state index contributed by atoms with van der Waals surface area (Å²) in [5.41, 5.74) is 7.72. The molecule has 0 saturated heterocycles. The van der Waals surface area contributed by atoms with Crippen molar-refractivity contribution in [1.29, 1.82) is 0 Å². The highest BCUT2D eigenvalue weighted by Gasteiger charge is 2.39. The second-order valence-electron chi connectivity index (χ2n) is 12.5. The Hall–Kier alpha value is -3.30. The van der Waals surface area contributed by atoms with Crippen LogP contribution in [0.25, 0.3) is 16.3 Å². The molecule has 0 heterocycles. The van der Waals surface area contributed by atoms with Gasteiger partial charge in [0, 0.05) is 42.4 Å². The van der Waals surface area contributed by atoms with Crippen LogP contribution < -0.4 is 10.2 Å². The van der Waals surface area contributed by atoms with Gasteiger partial charge in [0.2, 0.25) is 0 Å². The van der Waals surface area contributed by atoms with Crippen LogP contribution >= 0.6 is 0 Å². The monoisotopic (exact) mass is 559 g/mol. The molecule has 0 aliphatic heterocycles. The summed E-state index contributed by atoms with van der Waals surface area (Å²) >= 11 is 0. The van der Waals surface area contributed by atoms with Gasteiger partial charge in [-0.1, -0.05) is 87.0 Å². The van der Waals surface area contributed by atoms with Crippen LogP contribution in [0, 0.1) is 17.8 Å². The van der Waals surface area contributed by atoms with Gasteiger partial charge in [-0.3, -0.25) is 4.90 Å². The lowest BCUT2D eigenvalue weighted by Crippen LogP contribution is -2.32. The maximum absolute atomic E-state index is 3.91. The minimum atomic E-state index is 0.351. The molecule has 42 heavy (non-hydrogen) atoms. The molecule has 3 aromatic carbocycles. The van der Waals surface area contributed by atoms with E-state index >= 15 is 0 Å². The zero-order valence-corrected chi connectivity index (χ0v) is 26.2. The number of hydrogen-bond acceptors (Lipinski definition) is 3. The highest BCUT2D eigenvalue weighted by molar-refractivity contribution is 6.04. The fourth-order valence-electron chi connectivity index (χ4n) is 8.02. The summed E-state index contributed by atoms with van der Waals surface area (Å²) < 4.78 is 0.